The number of nitrogens with one attached hydrogen (secondary N) is 2. The van der Waals surface area contributed by atoms with Crippen LogP contribution in [-0.4, -0.2) is 30.8 Å². The van der Waals surface area contributed by atoms with Gasteiger partial charge in [0.2, 0.25) is 5.03 Å². The van der Waals surface area contributed by atoms with Gasteiger partial charge in [-0.1, -0.05) is 6.07 Å². The quantitative estimate of drug-likeness (QED) is 0.799. The van der Waals surface area contributed by atoms with E-state index in [1.54, 1.807) is 7.05 Å². The smallest absolute Gasteiger partial charge is 0.333 e. The van der Waals surface area contributed by atoms with Crippen molar-refractivity contribution < 1.29 is 17.9 Å². The summed E-state index contributed by atoms with van der Waals surface area (Å²) in [4.78, 5) is 12.7. The summed E-state index contributed by atoms with van der Waals surface area (Å²) in [7, 11) is -2.46. The molecule has 9 heteroatoms. The van der Waals surface area contributed by atoms with E-state index >= 15 is 0 Å². The van der Waals surface area contributed by atoms with E-state index in [0.29, 0.717) is 13.0 Å². The first-order valence-electron chi connectivity index (χ1n) is 10.1. The molecule has 0 saturated heterocycles. The third kappa shape index (κ3) is 3.08. The van der Waals surface area contributed by atoms with Crippen LogP contribution in [-0.2, 0) is 49.2 Å². The molecule has 2 heterocycles. The SMILES string of the molecule is Cn1nc(S(=O)(=O)NC(=O)Nc2c3c(cc4c2CCC4)CCC3)c2c1CCCO2. The Balaban J connectivity index is 1.42. The highest BCUT2D eigenvalue weighted by molar-refractivity contribution is 7.90. The van der Waals surface area contributed by atoms with Gasteiger partial charge in [-0.2, -0.15) is 13.5 Å². The van der Waals surface area contributed by atoms with Crippen LogP contribution in [0.25, 0.3) is 0 Å². The van der Waals surface area contributed by atoms with Crippen LogP contribution in [0.3, 0.4) is 0 Å². The molecule has 2 N–H and O–H groups in total. The number of anilines is 1. The van der Waals surface area contributed by atoms with Gasteiger partial charge in [0.05, 0.1) is 12.3 Å². The number of rotatable bonds is 3. The van der Waals surface area contributed by atoms with Crippen molar-refractivity contribution in [3.05, 3.63) is 34.0 Å². The van der Waals surface area contributed by atoms with Crippen molar-refractivity contribution >= 4 is 21.7 Å². The van der Waals surface area contributed by atoms with Crippen molar-refractivity contribution in [1.29, 1.82) is 0 Å². The lowest BCUT2D eigenvalue weighted by Gasteiger charge is -2.17. The summed E-state index contributed by atoms with van der Waals surface area (Å²) in [6.07, 6.45) is 7.46. The normalized spacial score (nSPS) is 17.3. The number of carbonyl (C=O) groups excluding carboxylic acids is 1. The molecule has 1 aromatic heterocycles. The summed E-state index contributed by atoms with van der Waals surface area (Å²) < 4.78 is 34.9. The van der Waals surface area contributed by atoms with E-state index in [1.807, 2.05) is 0 Å². The first-order valence-corrected chi connectivity index (χ1v) is 11.6. The first-order chi connectivity index (χ1) is 13.9. The maximum atomic E-state index is 12.9. The Labute approximate surface area is 169 Å². The summed E-state index contributed by atoms with van der Waals surface area (Å²) in [5.41, 5.74) is 6.38. The minimum absolute atomic E-state index is 0.228. The highest BCUT2D eigenvalue weighted by Crippen LogP contribution is 2.38. The zero-order valence-corrected chi connectivity index (χ0v) is 17.2. The molecule has 0 bridgehead atoms. The second-order valence-corrected chi connectivity index (χ2v) is 9.55. The predicted molar refractivity (Wildman–Crippen MR) is 107 cm³/mol. The predicted octanol–water partition coefficient (Wildman–Crippen LogP) is 2.23. The minimum atomic E-state index is -4.15. The molecule has 0 unspecified atom stereocenters. The maximum Gasteiger partial charge on any atom is 0.333 e. The summed E-state index contributed by atoms with van der Waals surface area (Å²) in [6.45, 7) is 0.440. The van der Waals surface area contributed by atoms with Gasteiger partial charge in [-0.15, -0.1) is 0 Å². The maximum absolute atomic E-state index is 12.9. The van der Waals surface area contributed by atoms with Crippen molar-refractivity contribution in [2.24, 2.45) is 7.05 Å². The fourth-order valence-corrected chi connectivity index (χ4v) is 5.84. The van der Waals surface area contributed by atoms with Gasteiger partial charge in [-0.3, -0.25) is 4.68 Å². The van der Waals surface area contributed by atoms with Crippen LogP contribution in [0.4, 0.5) is 10.5 Å². The van der Waals surface area contributed by atoms with Crippen molar-refractivity contribution in [3.63, 3.8) is 0 Å². The minimum Gasteiger partial charge on any atom is -0.489 e. The lowest BCUT2D eigenvalue weighted by molar-refractivity contribution is 0.256. The zero-order valence-electron chi connectivity index (χ0n) is 16.4. The van der Waals surface area contributed by atoms with Crippen molar-refractivity contribution in [2.75, 3.05) is 11.9 Å². The molecule has 0 spiro atoms. The Kier molecular flexibility index (Phi) is 4.31. The summed E-state index contributed by atoms with van der Waals surface area (Å²) in [5, 5.41) is 6.72. The number of fused-ring (bicyclic) bond motifs is 3. The van der Waals surface area contributed by atoms with Gasteiger partial charge in [0.1, 0.15) is 0 Å². The number of amides is 2. The average Bonchev–Trinajstić information content (AvgIpc) is 3.40. The molecule has 0 fully saturated rings. The van der Waals surface area contributed by atoms with Gasteiger partial charge in [0, 0.05) is 12.7 Å². The molecule has 8 nitrogen and oxygen atoms in total. The second-order valence-electron chi connectivity index (χ2n) is 7.95. The highest BCUT2D eigenvalue weighted by atomic mass is 32.2. The number of hydrogen-bond donors (Lipinski definition) is 2. The van der Waals surface area contributed by atoms with Crippen LogP contribution < -0.4 is 14.8 Å². The molecule has 5 rings (SSSR count). The summed E-state index contributed by atoms with van der Waals surface area (Å²) >= 11 is 0. The summed E-state index contributed by atoms with van der Waals surface area (Å²) in [6, 6.07) is 1.51. The van der Waals surface area contributed by atoms with Gasteiger partial charge in [-0.05, 0) is 73.6 Å². The van der Waals surface area contributed by atoms with E-state index in [1.165, 1.54) is 15.8 Å². The van der Waals surface area contributed by atoms with Crippen molar-refractivity contribution in [3.8, 4) is 5.75 Å². The molecule has 1 aliphatic heterocycles. The molecule has 2 amide bonds. The Morgan fingerprint density at radius 2 is 1.76 bits per heavy atom. The van der Waals surface area contributed by atoms with Gasteiger partial charge in [0.25, 0.3) is 10.0 Å². The van der Waals surface area contributed by atoms with Gasteiger partial charge < -0.3 is 10.1 Å². The number of sulfonamides is 1. The number of hydrogen-bond acceptors (Lipinski definition) is 5. The third-order valence-corrected chi connectivity index (χ3v) is 7.32. The molecular formula is C20H24N4O4S. The topological polar surface area (TPSA) is 102 Å². The first kappa shape index (κ1) is 18.5. The monoisotopic (exact) mass is 416 g/mol. The van der Waals surface area contributed by atoms with Crippen molar-refractivity contribution in [1.82, 2.24) is 14.5 Å². The number of aromatic nitrogens is 2. The van der Waals surface area contributed by atoms with Gasteiger partial charge >= 0.3 is 6.03 Å². The molecule has 0 saturated carbocycles. The zero-order chi connectivity index (χ0) is 20.2. The second kappa shape index (κ2) is 6.76. The molecule has 1 aromatic carbocycles. The molecule has 0 radical (unpaired) electrons. The van der Waals surface area contributed by atoms with Crippen LogP contribution in [0.2, 0.25) is 0 Å². The molecule has 0 atom stereocenters. The van der Waals surface area contributed by atoms with Crippen LogP contribution >= 0.6 is 0 Å². The van der Waals surface area contributed by atoms with Crippen LogP contribution in [0, 0.1) is 0 Å². The molecule has 3 aliphatic rings. The Morgan fingerprint density at radius 3 is 2.45 bits per heavy atom. The van der Waals surface area contributed by atoms with Crippen LogP contribution in [0.1, 0.15) is 47.2 Å². The summed E-state index contributed by atoms with van der Waals surface area (Å²) in [5.74, 6) is 0.251. The Hall–Kier alpha value is -2.55. The number of benzene rings is 1. The molecular weight excluding hydrogens is 392 g/mol. The third-order valence-electron chi connectivity index (χ3n) is 6.09. The van der Waals surface area contributed by atoms with Crippen LogP contribution in [0.5, 0.6) is 5.75 Å². The van der Waals surface area contributed by atoms with E-state index < -0.39 is 16.1 Å². The number of aryl methyl sites for hydroxylation is 3. The van der Waals surface area contributed by atoms with E-state index in [9.17, 15) is 13.2 Å². The lowest BCUT2D eigenvalue weighted by atomic mass is 9.99. The van der Waals surface area contributed by atoms with Crippen LogP contribution in [0.15, 0.2) is 11.1 Å². The fourth-order valence-electron chi connectivity index (χ4n) is 4.80. The van der Waals surface area contributed by atoms with E-state index in [-0.39, 0.29) is 10.8 Å². The van der Waals surface area contributed by atoms with E-state index in [2.05, 4.69) is 21.2 Å². The number of nitrogens with zero attached hydrogens (tertiary/aromatic N) is 2. The average molecular weight is 417 g/mol. The molecule has 154 valence electrons. The van der Waals surface area contributed by atoms with E-state index in [4.69, 9.17) is 4.74 Å². The Morgan fingerprint density at radius 1 is 1.07 bits per heavy atom. The largest absolute Gasteiger partial charge is 0.489 e. The lowest BCUT2D eigenvalue weighted by Crippen LogP contribution is -2.35. The van der Waals surface area contributed by atoms with E-state index in [0.717, 1.165) is 67.5 Å². The molecule has 2 aliphatic carbocycles. The number of ether oxygens (including phenoxy) is 1. The standard InChI is InChI=1S/C20H24N4O4S/c1-24-16-9-4-10-28-18(16)19(22-24)29(26,27)23-20(25)21-17-14-7-2-5-12(14)11-13-6-3-8-15(13)17/h11H,2-10H2,1H3,(H2,21,23,25). The van der Waals surface area contributed by atoms with Crippen molar-refractivity contribution in [2.45, 2.75) is 56.4 Å². The molecule has 29 heavy (non-hydrogen) atoms. The molecule has 2 aromatic rings. The van der Waals surface area contributed by atoms with Gasteiger partial charge in [0.15, 0.2) is 5.75 Å². The Bertz CT molecular complexity index is 1090. The number of urea groups is 1. The van der Waals surface area contributed by atoms with Gasteiger partial charge in [-0.25, -0.2) is 9.52 Å². The highest BCUT2D eigenvalue weighted by Gasteiger charge is 2.32. The number of carbonyl (C=O) groups is 1. The fraction of sp³-hybridized carbons (Fsp3) is 0.500.